The normalized spacial score (nSPS) is 38.3. The second kappa shape index (κ2) is 11.0. The fraction of sp³-hybridized carbons (Fsp3) is 0.571. The van der Waals surface area contributed by atoms with E-state index >= 15 is 0 Å². The number of carbonyl (C=O) groups is 1. The van der Waals surface area contributed by atoms with Gasteiger partial charge in [-0.2, -0.15) is 0 Å². The van der Waals surface area contributed by atoms with Gasteiger partial charge in [-0.1, -0.05) is 12.1 Å². The van der Waals surface area contributed by atoms with Crippen LogP contribution >= 0.6 is 0 Å². The number of benzene rings is 1. The summed E-state index contributed by atoms with van der Waals surface area (Å²) in [5.74, 6) is -3.09. The lowest BCUT2D eigenvalue weighted by Crippen LogP contribution is -2.62. The Morgan fingerprint density at radius 2 is 1.65 bits per heavy atom. The van der Waals surface area contributed by atoms with Gasteiger partial charge in [-0.25, -0.2) is 4.79 Å². The second-order valence-electron chi connectivity index (χ2n) is 7.93. The number of rotatable bonds is 8. The molecular formula is C21H28O13. The van der Waals surface area contributed by atoms with Crippen LogP contribution in [-0.2, 0) is 23.7 Å². The van der Waals surface area contributed by atoms with Crippen LogP contribution in [-0.4, -0.2) is 121 Å². The van der Waals surface area contributed by atoms with Gasteiger partial charge in [-0.05, 0) is 23.8 Å². The van der Waals surface area contributed by atoms with Crippen molar-refractivity contribution >= 4 is 12.0 Å². The smallest absolute Gasteiger partial charge is 0.330 e. The zero-order valence-electron chi connectivity index (χ0n) is 17.8. The fourth-order valence-electron chi connectivity index (χ4n) is 3.58. The minimum atomic E-state index is -2.34. The van der Waals surface area contributed by atoms with E-state index in [1.807, 2.05) is 0 Å². The molecule has 9 atom stereocenters. The molecule has 8 N–H and O–H groups in total. The van der Waals surface area contributed by atoms with Gasteiger partial charge in [0.1, 0.15) is 61.7 Å². The molecule has 0 unspecified atom stereocenters. The molecule has 13 heteroatoms. The quantitative estimate of drug-likeness (QED) is 0.132. The lowest BCUT2D eigenvalue weighted by molar-refractivity contribution is -0.383. The predicted octanol–water partition coefficient (Wildman–Crippen LogP) is -3.43. The molecule has 190 valence electrons. The Bertz CT molecular complexity index is 844. The maximum absolute atomic E-state index is 12.0. The summed E-state index contributed by atoms with van der Waals surface area (Å²) in [7, 11) is 0. The molecule has 2 aliphatic rings. The SMILES string of the molecule is O=C(/C=C/c1ccc(O)cc1)OC[C@H]1O[C@@](CO)(O[C@H]2O[C@H](CO)[C@@H](O)[C@H](O)[C@H]2O)[C@@H](O)[C@@H]1O. The summed E-state index contributed by atoms with van der Waals surface area (Å²) >= 11 is 0. The van der Waals surface area contributed by atoms with Crippen molar-refractivity contribution < 1.29 is 64.6 Å². The van der Waals surface area contributed by atoms with E-state index in [4.69, 9.17) is 18.9 Å². The zero-order chi connectivity index (χ0) is 25.0. The first-order chi connectivity index (χ1) is 16.1. The summed E-state index contributed by atoms with van der Waals surface area (Å²) in [6.45, 7) is -2.32. The first kappa shape index (κ1) is 26.4. The van der Waals surface area contributed by atoms with Crippen molar-refractivity contribution in [2.45, 2.75) is 54.8 Å². The Morgan fingerprint density at radius 1 is 0.971 bits per heavy atom. The Hall–Kier alpha value is -2.17. The number of carbonyl (C=O) groups excluding carboxylic acids is 1. The van der Waals surface area contributed by atoms with Crippen LogP contribution in [0.1, 0.15) is 5.56 Å². The molecule has 0 saturated carbocycles. The van der Waals surface area contributed by atoms with Crippen LogP contribution in [0.4, 0.5) is 0 Å². The molecule has 0 radical (unpaired) electrons. The second-order valence-corrected chi connectivity index (χ2v) is 7.93. The van der Waals surface area contributed by atoms with Gasteiger partial charge in [0.2, 0.25) is 5.79 Å². The highest BCUT2D eigenvalue weighted by atomic mass is 16.8. The number of ether oxygens (including phenoxy) is 4. The summed E-state index contributed by atoms with van der Waals surface area (Å²) in [6, 6.07) is 5.98. The predicted molar refractivity (Wildman–Crippen MR) is 110 cm³/mol. The third-order valence-electron chi connectivity index (χ3n) is 5.59. The van der Waals surface area contributed by atoms with Crippen molar-refractivity contribution in [3.05, 3.63) is 35.9 Å². The minimum absolute atomic E-state index is 0.0592. The van der Waals surface area contributed by atoms with Crippen molar-refractivity contribution in [1.29, 1.82) is 0 Å². The molecule has 0 bridgehead atoms. The molecule has 2 heterocycles. The first-order valence-corrected chi connectivity index (χ1v) is 10.4. The van der Waals surface area contributed by atoms with Gasteiger partial charge in [-0.3, -0.25) is 0 Å². The molecule has 13 nitrogen and oxygen atoms in total. The van der Waals surface area contributed by atoms with E-state index in [1.165, 1.54) is 18.2 Å². The molecule has 2 saturated heterocycles. The topological polar surface area (TPSA) is 216 Å². The molecule has 0 aliphatic carbocycles. The first-order valence-electron chi connectivity index (χ1n) is 10.4. The maximum atomic E-state index is 12.0. The van der Waals surface area contributed by atoms with E-state index in [1.54, 1.807) is 12.1 Å². The van der Waals surface area contributed by atoms with Crippen molar-refractivity contribution in [2.24, 2.45) is 0 Å². The average molecular weight is 488 g/mol. The van der Waals surface area contributed by atoms with Gasteiger partial charge < -0.3 is 59.8 Å². The van der Waals surface area contributed by atoms with E-state index < -0.39 is 80.6 Å². The van der Waals surface area contributed by atoms with Crippen molar-refractivity contribution in [3.63, 3.8) is 0 Å². The van der Waals surface area contributed by atoms with E-state index in [0.29, 0.717) is 5.56 Å². The van der Waals surface area contributed by atoms with Gasteiger partial charge in [0.25, 0.3) is 0 Å². The van der Waals surface area contributed by atoms with Gasteiger partial charge in [-0.15, -0.1) is 0 Å². The molecule has 3 rings (SSSR count). The number of aliphatic hydroxyl groups excluding tert-OH is 7. The largest absolute Gasteiger partial charge is 0.508 e. The van der Waals surface area contributed by atoms with Crippen LogP contribution < -0.4 is 0 Å². The van der Waals surface area contributed by atoms with Gasteiger partial charge in [0.15, 0.2) is 6.29 Å². The molecule has 34 heavy (non-hydrogen) atoms. The summed E-state index contributed by atoms with van der Waals surface area (Å²) in [4.78, 5) is 12.0. The van der Waals surface area contributed by atoms with Crippen LogP contribution in [0.25, 0.3) is 6.08 Å². The molecular weight excluding hydrogens is 460 g/mol. The number of aromatic hydroxyl groups is 1. The number of hydrogen-bond acceptors (Lipinski definition) is 13. The van der Waals surface area contributed by atoms with Crippen LogP contribution in [0, 0.1) is 0 Å². The zero-order valence-corrected chi connectivity index (χ0v) is 17.8. The standard InChI is InChI=1S/C21H28O13/c22-7-12-15(26)17(28)18(29)20(32-12)34-21(9-23)19(30)16(27)13(33-21)8-31-14(25)6-3-10-1-4-11(24)5-2-10/h1-6,12-13,15-20,22-24,26-30H,7-9H2/b6-3+/t12-,13-,15-,16-,17+,18-,19+,20-,21+/m1/s1. The highest BCUT2D eigenvalue weighted by molar-refractivity contribution is 5.87. The number of phenols is 1. The lowest BCUT2D eigenvalue weighted by Gasteiger charge is -2.43. The Kier molecular flexibility index (Phi) is 8.59. The number of phenolic OH excluding ortho intramolecular Hbond substituents is 1. The highest BCUT2D eigenvalue weighted by Crippen LogP contribution is 2.36. The molecule has 1 aromatic rings. The minimum Gasteiger partial charge on any atom is -0.508 e. The molecule has 0 spiro atoms. The number of esters is 1. The summed E-state index contributed by atoms with van der Waals surface area (Å²) < 4.78 is 21.0. The van der Waals surface area contributed by atoms with Gasteiger partial charge >= 0.3 is 5.97 Å². The molecule has 0 aromatic heterocycles. The summed E-state index contributed by atoms with van der Waals surface area (Å²) in [5.41, 5.74) is 0.606. The highest BCUT2D eigenvalue weighted by Gasteiger charge is 2.58. The maximum Gasteiger partial charge on any atom is 0.330 e. The number of hydrogen-bond donors (Lipinski definition) is 8. The lowest BCUT2D eigenvalue weighted by atomic mass is 9.99. The van der Waals surface area contributed by atoms with Crippen LogP contribution in [0.5, 0.6) is 5.75 Å². The van der Waals surface area contributed by atoms with Crippen molar-refractivity contribution in [3.8, 4) is 5.75 Å². The van der Waals surface area contributed by atoms with Crippen LogP contribution in [0.3, 0.4) is 0 Å². The molecule has 2 aliphatic heterocycles. The molecule has 2 fully saturated rings. The number of aliphatic hydroxyl groups is 7. The van der Waals surface area contributed by atoms with E-state index in [-0.39, 0.29) is 5.75 Å². The van der Waals surface area contributed by atoms with Gasteiger partial charge in [0, 0.05) is 6.08 Å². The van der Waals surface area contributed by atoms with Crippen molar-refractivity contribution in [1.82, 2.24) is 0 Å². The van der Waals surface area contributed by atoms with Crippen molar-refractivity contribution in [2.75, 3.05) is 19.8 Å². The van der Waals surface area contributed by atoms with E-state index in [0.717, 1.165) is 6.08 Å². The molecule has 0 amide bonds. The Balaban J connectivity index is 1.62. The van der Waals surface area contributed by atoms with Crippen LogP contribution in [0.15, 0.2) is 30.3 Å². The Labute approximate surface area is 193 Å². The monoisotopic (exact) mass is 488 g/mol. The summed E-state index contributed by atoms with van der Waals surface area (Å²) in [6.07, 6.45) is -10.8. The Morgan fingerprint density at radius 3 is 2.26 bits per heavy atom. The average Bonchev–Trinajstić information content (AvgIpc) is 3.07. The fourth-order valence-corrected chi connectivity index (χ4v) is 3.58. The third kappa shape index (κ3) is 5.55. The van der Waals surface area contributed by atoms with Crippen LogP contribution in [0.2, 0.25) is 0 Å². The summed E-state index contributed by atoms with van der Waals surface area (Å²) in [5, 5.41) is 79.0. The van der Waals surface area contributed by atoms with E-state index in [9.17, 15) is 45.6 Å². The van der Waals surface area contributed by atoms with E-state index in [2.05, 4.69) is 0 Å². The third-order valence-corrected chi connectivity index (χ3v) is 5.59. The molecule has 1 aromatic carbocycles. The van der Waals surface area contributed by atoms with Gasteiger partial charge in [0.05, 0.1) is 6.61 Å².